The first-order valence-electron chi connectivity index (χ1n) is 12.1. The molecule has 0 radical (unpaired) electrons. The molecule has 34 heavy (non-hydrogen) atoms. The first-order valence-corrected chi connectivity index (χ1v) is 12.1. The van der Waals surface area contributed by atoms with Crippen molar-refractivity contribution in [2.75, 3.05) is 31.2 Å². The Balaban J connectivity index is 0.00000274. The molecule has 8 heteroatoms. The molecule has 1 amide bonds. The van der Waals surface area contributed by atoms with Crippen molar-refractivity contribution in [1.29, 1.82) is 5.26 Å². The number of benzene rings is 1. The van der Waals surface area contributed by atoms with E-state index in [2.05, 4.69) is 28.4 Å². The van der Waals surface area contributed by atoms with Gasteiger partial charge in [-0.05, 0) is 61.3 Å². The average Bonchev–Trinajstić information content (AvgIpc) is 3.23. The van der Waals surface area contributed by atoms with Crippen molar-refractivity contribution >= 4 is 40.8 Å². The predicted molar refractivity (Wildman–Crippen MR) is 136 cm³/mol. The van der Waals surface area contributed by atoms with Crippen molar-refractivity contribution in [3.63, 3.8) is 0 Å². The van der Waals surface area contributed by atoms with Gasteiger partial charge in [-0.2, -0.15) is 5.26 Å². The molecule has 2 aliphatic heterocycles. The summed E-state index contributed by atoms with van der Waals surface area (Å²) in [7, 11) is 0. The van der Waals surface area contributed by atoms with E-state index in [1.165, 1.54) is 5.56 Å². The molecule has 2 aliphatic rings. The van der Waals surface area contributed by atoms with Crippen LogP contribution in [0.2, 0.25) is 0 Å². The second-order valence-electron chi connectivity index (χ2n) is 9.26. The Labute approximate surface area is 206 Å². The molecule has 7 nitrogen and oxygen atoms in total. The summed E-state index contributed by atoms with van der Waals surface area (Å²) in [6.07, 6.45) is 5.23. The van der Waals surface area contributed by atoms with Gasteiger partial charge in [0.15, 0.2) is 5.65 Å². The molecule has 0 unspecified atom stereocenters. The highest BCUT2D eigenvalue weighted by molar-refractivity contribution is 5.87. The third-order valence-corrected chi connectivity index (χ3v) is 7.30. The van der Waals surface area contributed by atoms with Crippen LogP contribution >= 0.6 is 12.4 Å². The first kappa shape index (κ1) is 24.3. The number of carbonyl (C=O) groups is 1. The number of ether oxygens (including phenoxy) is 1. The fourth-order valence-corrected chi connectivity index (χ4v) is 5.69. The van der Waals surface area contributed by atoms with Crippen molar-refractivity contribution < 1.29 is 9.53 Å². The molecule has 2 N–H and O–H groups in total. The number of rotatable bonds is 5. The molecule has 4 heterocycles. The van der Waals surface area contributed by atoms with E-state index >= 15 is 0 Å². The molecule has 5 rings (SSSR count). The summed E-state index contributed by atoms with van der Waals surface area (Å²) in [4.78, 5) is 19.1. The molecule has 1 aromatic carbocycles. The first-order chi connectivity index (χ1) is 16.1. The number of hydrogen-bond donors (Lipinski definition) is 1. The maximum Gasteiger partial charge on any atom is 0.220 e. The lowest BCUT2D eigenvalue weighted by molar-refractivity contribution is -0.122. The number of primary amides is 1. The highest BCUT2D eigenvalue weighted by Gasteiger charge is 2.32. The maximum atomic E-state index is 11.8. The van der Waals surface area contributed by atoms with Crippen molar-refractivity contribution in [3.05, 3.63) is 41.0 Å². The van der Waals surface area contributed by atoms with E-state index in [0.717, 1.165) is 92.9 Å². The monoisotopic (exact) mass is 481 g/mol. The van der Waals surface area contributed by atoms with Crippen LogP contribution < -0.4 is 10.6 Å². The summed E-state index contributed by atoms with van der Waals surface area (Å²) in [6.45, 7) is 5.18. The van der Waals surface area contributed by atoms with Crippen LogP contribution in [0, 0.1) is 17.2 Å². The zero-order valence-corrected chi connectivity index (χ0v) is 20.4. The number of imidazole rings is 1. The van der Waals surface area contributed by atoms with Gasteiger partial charge in [0.1, 0.15) is 11.9 Å². The number of nitrogens with two attached hydrogens (primary N) is 1. The number of amides is 1. The molecule has 0 aliphatic carbocycles. The van der Waals surface area contributed by atoms with Gasteiger partial charge in [-0.25, -0.2) is 4.98 Å². The normalized spacial score (nSPS) is 17.6. The molecule has 3 aromatic rings. The van der Waals surface area contributed by atoms with Crippen LogP contribution in [0.4, 0.5) is 5.82 Å². The number of para-hydroxylation sites is 2. The second kappa shape index (κ2) is 10.2. The minimum absolute atomic E-state index is 0. The summed E-state index contributed by atoms with van der Waals surface area (Å²) in [5.41, 5.74) is 11.4. The van der Waals surface area contributed by atoms with Gasteiger partial charge in [0.25, 0.3) is 0 Å². The molecule has 0 atom stereocenters. The lowest BCUT2D eigenvalue weighted by atomic mass is 9.84. The number of carbonyl (C=O) groups excluding carboxylic acids is 1. The van der Waals surface area contributed by atoms with Gasteiger partial charge in [-0.3, -0.25) is 9.20 Å². The Bertz CT molecular complexity index is 1230. The molecule has 0 bridgehead atoms. The highest BCUT2D eigenvalue weighted by atomic mass is 35.5. The summed E-state index contributed by atoms with van der Waals surface area (Å²) in [6, 6.07) is 10.7. The Hall–Kier alpha value is -2.82. The third kappa shape index (κ3) is 4.10. The van der Waals surface area contributed by atoms with Gasteiger partial charge in [0.2, 0.25) is 5.91 Å². The number of anilines is 1. The van der Waals surface area contributed by atoms with Crippen LogP contribution in [0.5, 0.6) is 0 Å². The molecule has 0 saturated carbocycles. The van der Waals surface area contributed by atoms with Crippen LogP contribution in [0.3, 0.4) is 0 Å². The van der Waals surface area contributed by atoms with Gasteiger partial charge < -0.3 is 15.4 Å². The molecule has 0 spiro atoms. The fourth-order valence-electron chi connectivity index (χ4n) is 5.69. The predicted octanol–water partition coefficient (Wildman–Crippen LogP) is 4.33. The van der Waals surface area contributed by atoms with E-state index in [-0.39, 0.29) is 24.2 Å². The quantitative estimate of drug-likeness (QED) is 0.585. The maximum absolute atomic E-state index is 11.8. The van der Waals surface area contributed by atoms with Crippen molar-refractivity contribution in [2.24, 2.45) is 11.7 Å². The number of halogens is 1. The van der Waals surface area contributed by atoms with E-state index in [4.69, 9.17) is 15.5 Å². The smallest absolute Gasteiger partial charge is 0.220 e. The molecule has 180 valence electrons. The van der Waals surface area contributed by atoms with Crippen LogP contribution in [-0.4, -0.2) is 41.6 Å². The summed E-state index contributed by atoms with van der Waals surface area (Å²) in [5.74, 6) is 1.16. The third-order valence-electron chi connectivity index (χ3n) is 7.30. The Morgan fingerprint density at radius 2 is 1.91 bits per heavy atom. The van der Waals surface area contributed by atoms with E-state index in [1.54, 1.807) is 0 Å². The number of fused-ring (bicyclic) bond motifs is 3. The molecular weight excluding hydrogens is 450 g/mol. The summed E-state index contributed by atoms with van der Waals surface area (Å²) in [5, 5.41) is 10.4. The number of pyridine rings is 1. The lowest BCUT2D eigenvalue weighted by Crippen LogP contribution is -2.40. The van der Waals surface area contributed by atoms with Crippen LogP contribution in [0.15, 0.2) is 24.3 Å². The SMILES string of the molecule is CCCc1c(C2CCOCC2)c(C#N)c2nc3ccccc3n2c1N1CCC(C(N)=O)CC1.Cl. The van der Waals surface area contributed by atoms with Gasteiger partial charge in [0, 0.05) is 32.2 Å². The summed E-state index contributed by atoms with van der Waals surface area (Å²) >= 11 is 0. The number of nitriles is 1. The van der Waals surface area contributed by atoms with Crippen molar-refractivity contribution in [2.45, 2.75) is 51.4 Å². The Morgan fingerprint density at radius 3 is 2.56 bits per heavy atom. The Kier molecular flexibility index (Phi) is 7.30. The van der Waals surface area contributed by atoms with Gasteiger partial charge >= 0.3 is 0 Å². The Morgan fingerprint density at radius 1 is 1.21 bits per heavy atom. The highest BCUT2D eigenvalue weighted by Crippen LogP contribution is 2.41. The van der Waals surface area contributed by atoms with Crippen molar-refractivity contribution in [1.82, 2.24) is 9.38 Å². The van der Waals surface area contributed by atoms with Crippen LogP contribution in [0.1, 0.15) is 61.6 Å². The largest absolute Gasteiger partial charge is 0.381 e. The molecule has 2 fully saturated rings. The zero-order chi connectivity index (χ0) is 22.9. The fraction of sp³-hybridized carbons (Fsp3) is 0.500. The standard InChI is InChI=1S/C26H31N5O2.ClH/c1-2-5-19-23(17-10-14-33-15-11-17)20(16-27)25-29-21-6-3-4-7-22(21)31(25)26(19)30-12-8-18(9-13-30)24(28)32;/h3-4,6-7,17-18H,2,5,8-15H2,1H3,(H2,28,32);1H. The van der Waals surface area contributed by atoms with Crippen molar-refractivity contribution in [3.8, 4) is 6.07 Å². The number of hydrogen-bond acceptors (Lipinski definition) is 5. The van der Waals surface area contributed by atoms with Gasteiger partial charge in [-0.15, -0.1) is 12.4 Å². The minimum atomic E-state index is -0.204. The van der Waals surface area contributed by atoms with E-state index in [9.17, 15) is 10.1 Å². The van der Waals surface area contributed by atoms with Gasteiger partial charge in [-0.1, -0.05) is 25.5 Å². The number of aromatic nitrogens is 2. The zero-order valence-electron chi connectivity index (χ0n) is 19.6. The minimum Gasteiger partial charge on any atom is -0.381 e. The van der Waals surface area contributed by atoms with Crippen LogP contribution in [0.25, 0.3) is 16.7 Å². The van der Waals surface area contributed by atoms with Gasteiger partial charge in [0.05, 0.1) is 16.6 Å². The van der Waals surface area contributed by atoms with E-state index in [0.29, 0.717) is 11.5 Å². The lowest BCUT2D eigenvalue weighted by Gasteiger charge is -2.36. The summed E-state index contributed by atoms with van der Waals surface area (Å²) < 4.78 is 7.85. The van der Waals surface area contributed by atoms with E-state index < -0.39 is 0 Å². The topological polar surface area (TPSA) is 96.7 Å². The average molecular weight is 482 g/mol. The molecular formula is C26H32ClN5O2. The number of piperidine rings is 1. The van der Waals surface area contributed by atoms with Crippen LogP contribution in [-0.2, 0) is 16.0 Å². The second-order valence-corrected chi connectivity index (χ2v) is 9.26. The number of nitrogens with zero attached hydrogens (tertiary/aromatic N) is 4. The molecule has 2 saturated heterocycles. The molecule has 2 aromatic heterocycles. The van der Waals surface area contributed by atoms with E-state index in [1.807, 2.05) is 18.2 Å².